The molecular weight excluding hydrogens is 450 g/mol. The Morgan fingerprint density at radius 1 is 1.00 bits per heavy atom. The number of aliphatic carboxylic acids is 1. The van der Waals surface area contributed by atoms with Gasteiger partial charge in [-0.3, -0.25) is 9.59 Å². The molecule has 1 amide bonds. The van der Waals surface area contributed by atoms with Crippen molar-refractivity contribution in [3.8, 4) is 5.88 Å². The van der Waals surface area contributed by atoms with Crippen LogP contribution in [0.3, 0.4) is 0 Å². The number of carbonyl (C=O) groups is 2. The first-order valence-electron chi connectivity index (χ1n) is 11.6. The van der Waals surface area contributed by atoms with Crippen LogP contribution >= 0.6 is 0 Å². The van der Waals surface area contributed by atoms with Crippen molar-refractivity contribution in [1.82, 2.24) is 15.2 Å². The minimum absolute atomic E-state index is 0.0505. The van der Waals surface area contributed by atoms with Crippen molar-refractivity contribution < 1.29 is 23.8 Å². The van der Waals surface area contributed by atoms with Crippen LogP contribution in [0.25, 0.3) is 0 Å². The lowest BCUT2D eigenvalue weighted by molar-refractivity contribution is -0.143. The maximum absolute atomic E-state index is 12.5. The Morgan fingerprint density at radius 2 is 1.69 bits per heavy atom. The summed E-state index contributed by atoms with van der Waals surface area (Å²) in [5.41, 5.74) is 2.46. The van der Waals surface area contributed by atoms with Crippen molar-refractivity contribution in [1.29, 1.82) is 0 Å². The molecule has 1 aliphatic carbocycles. The van der Waals surface area contributed by atoms with Crippen LogP contribution < -0.4 is 15.4 Å². The maximum atomic E-state index is 12.5. The number of benzene rings is 1. The van der Waals surface area contributed by atoms with Gasteiger partial charge in [0.25, 0.3) is 0 Å². The fourth-order valence-electron chi connectivity index (χ4n) is 3.85. The van der Waals surface area contributed by atoms with Gasteiger partial charge in [-0.25, -0.2) is 4.98 Å². The van der Waals surface area contributed by atoms with Gasteiger partial charge in [0.05, 0.1) is 17.8 Å². The van der Waals surface area contributed by atoms with Crippen LogP contribution in [-0.2, 0) is 10.2 Å². The zero-order chi connectivity index (χ0) is 25.0. The van der Waals surface area contributed by atoms with Crippen LogP contribution in [0.4, 0.5) is 17.4 Å². The van der Waals surface area contributed by atoms with Crippen LogP contribution in [0.2, 0.25) is 0 Å². The molecule has 0 radical (unpaired) electrons. The Balaban J connectivity index is 1.29. The molecule has 0 aliphatic heterocycles. The molecule has 10 heteroatoms. The highest BCUT2D eigenvalue weighted by Gasteiger charge is 2.27. The van der Waals surface area contributed by atoms with Gasteiger partial charge in [-0.1, -0.05) is 38.0 Å². The summed E-state index contributed by atoms with van der Waals surface area (Å²) in [4.78, 5) is 27.8. The maximum Gasteiger partial charge on any atom is 0.320 e. The zero-order valence-corrected chi connectivity index (χ0v) is 19.9. The predicted molar refractivity (Wildman–Crippen MR) is 129 cm³/mol. The van der Waals surface area contributed by atoms with Gasteiger partial charge in [-0.05, 0) is 54.9 Å². The third-order valence-corrected chi connectivity index (χ3v) is 5.93. The van der Waals surface area contributed by atoms with E-state index < -0.39 is 11.9 Å². The average molecular weight is 480 g/mol. The van der Waals surface area contributed by atoms with Gasteiger partial charge >= 0.3 is 23.8 Å². The highest BCUT2D eigenvalue weighted by Crippen LogP contribution is 2.28. The standard InChI is InChI=1S/C25H29N5O5/c1-25(2,3)16-6-8-17(9-7-16)28-24-30-29-22(35-24)21(31)27-18-10-13-20(26-14-18)34-19-11-4-15(5-12-19)23(32)33/h6-10,13-15,19H,4-5,11-12H2,1-3H3,(H,27,31)(H,28,30)(H,32,33). The van der Waals surface area contributed by atoms with E-state index in [1.165, 1.54) is 11.8 Å². The molecule has 10 nitrogen and oxygen atoms in total. The first-order valence-corrected chi connectivity index (χ1v) is 11.6. The Kier molecular flexibility index (Phi) is 6.99. The molecule has 2 heterocycles. The molecular formula is C25H29N5O5. The molecule has 0 atom stereocenters. The van der Waals surface area contributed by atoms with Crippen LogP contribution in [-0.4, -0.2) is 38.3 Å². The Labute approximate surface area is 203 Å². The number of aromatic nitrogens is 3. The van der Waals surface area contributed by atoms with E-state index in [1.807, 2.05) is 24.3 Å². The SMILES string of the molecule is CC(C)(C)c1ccc(Nc2nnc(C(=O)Nc3ccc(OC4CCC(C(=O)O)CC4)nc3)o2)cc1. The lowest BCUT2D eigenvalue weighted by Crippen LogP contribution is -2.28. The van der Waals surface area contributed by atoms with Crippen molar-refractivity contribution in [3.63, 3.8) is 0 Å². The third-order valence-electron chi connectivity index (χ3n) is 5.93. The fourth-order valence-corrected chi connectivity index (χ4v) is 3.85. The number of amides is 1. The molecule has 35 heavy (non-hydrogen) atoms. The van der Waals surface area contributed by atoms with Gasteiger partial charge in [0.15, 0.2) is 0 Å². The number of pyridine rings is 1. The highest BCUT2D eigenvalue weighted by molar-refractivity contribution is 6.00. The van der Waals surface area contributed by atoms with Gasteiger partial charge in [-0.2, -0.15) is 0 Å². The molecule has 1 saturated carbocycles. The Bertz CT molecular complexity index is 1160. The number of carboxylic acid groups (broad SMARTS) is 1. The molecule has 0 saturated heterocycles. The van der Waals surface area contributed by atoms with Crippen LogP contribution in [0.5, 0.6) is 5.88 Å². The van der Waals surface area contributed by atoms with E-state index in [-0.39, 0.29) is 29.3 Å². The van der Waals surface area contributed by atoms with Crippen LogP contribution in [0.1, 0.15) is 62.7 Å². The zero-order valence-electron chi connectivity index (χ0n) is 19.9. The van der Waals surface area contributed by atoms with E-state index in [0.29, 0.717) is 37.3 Å². The molecule has 2 aromatic heterocycles. The second kappa shape index (κ2) is 10.1. The van der Waals surface area contributed by atoms with E-state index in [4.69, 9.17) is 14.3 Å². The summed E-state index contributed by atoms with van der Waals surface area (Å²) in [6.07, 6.45) is 3.95. The van der Waals surface area contributed by atoms with Crippen LogP contribution in [0, 0.1) is 5.92 Å². The second-order valence-corrected chi connectivity index (χ2v) is 9.63. The molecule has 0 spiro atoms. The highest BCUT2D eigenvalue weighted by atomic mass is 16.5. The first kappa shape index (κ1) is 24.2. The fraction of sp³-hybridized carbons (Fsp3) is 0.400. The molecule has 1 aromatic carbocycles. The summed E-state index contributed by atoms with van der Waals surface area (Å²) in [5, 5.41) is 22.4. The third kappa shape index (κ3) is 6.34. The van der Waals surface area contributed by atoms with E-state index in [0.717, 1.165) is 5.69 Å². The number of carboxylic acids is 1. The van der Waals surface area contributed by atoms with Gasteiger partial charge in [0, 0.05) is 11.8 Å². The van der Waals surface area contributed by atoms with Crippen molar-refractivity contribution in [2.24, 2.45) is 5.92 Å². The van der Waals surface area contributed by atoms with E-state index in [2.05, 4.69) is 46.6 Å². The van der Waals surface area contributed by atoms with E-state index in [1.54, 1.807) is 12.1 Å². The number of rotatable bonds is 7. The molecule has 184 valence electrons. The van der Waals surface area contributed by atoms with Crippen molar-refractivity contribution in [3.05, 3.63) is 54.0 Å². The topological polar surface area (TPSA) is 139 Å². The number of nitrogens with one attached hydrogen (secondary N) is 2. The van der Waals surface area contributed by atoms with Crippen molar-refractivity contribution >= 4 is 29.3 Å². The van der Waals surface area contributed by atoms with Gasteiger partial charge in [0.1, 0.15) is 6.10 Å². The molecule has 1 aliphatic rings. The van der Waals surface area contributed by atoms with Gasteiger partial charge < -0.3 is 24.9 Å². The lowest BCUT2D eigenvalue weighted by atomic mass is 9.87. The second-order valence-electron chi connectivity index (χ2n) is 9.63. The van der Waals surface area contributed by atoms with Crippen LogP contribution in [0.15, 0.2) is 47.0 Å². The number of anilines is 3. The molecule has 0 unspecified atom stereocenters. The largest absolute Gasteiger partial charge is 0.481 e. The number of nitrogens with zero attached hydrogens (tertiary/aromatic N) is 3. The first-order chi connectivity index (χ1) is 16.7. The normalized spacial score (nSPS) is 18.0. The number of hydrogen-bond donors (Lipinski definition) is 3. The Hall–Kier alpha value is -3.95. The predicted octanol–water partition coefficient (Wildman–Crippen LogP) is 4.78. The summed E-state index contributed by atoms with van der Waals surface area (Å²) in [6.45, 7) is 6.43. The number of carbonyl (C=O) groups excluding carboxylic acids is 1. The minimum atomic E-state index is -0.749. The molecule has 3 N–H and O–H groups in total. The molecule has 4 rings (SSSR count). The summed E-state index contributed by atoms with van der Waals surface area (Å²) in [7, 11) is 0. The monoisotopic (exact) mass is 479 g/mol. The summed E-state index contributed by atoms with van der Waals surface area (Å²) in [6, 6.07) is 11.3. The molecule has 0 bridgehead atoms. The number of hydrogen-bond acceptors (Lipinski definition) is 8. The quantitative estimate of drug-likeness (QED) is 0.437. The number of ether oxygens (including phenoxy) is 1. The Morgan fingerprint density at radius 3 is 2.29 bits per heavy atom. The van der Waals surface area contributed by atoms with Gasteiger partial charge in [0.2, 0.25) is 5.88 Å². The molecule has 3 aromatic rings. The van der Waals surface area contributed by atoms with Crippen molar-refractivity contribution in [2.75, 3.05) is 10.6 Å². The smallest absolute Gasteiger partial charge is 0.320 e. The van der Waals surface area contributed by atoms with Crippen molar-refractivity contribution in [2.45, 2.75) is 58.0 Å². The average Bonchev–Trinajstić information content (AvgIpc) is 3.29. The van der Waals surface area contributed by atoms with E-state index in [9.17, 15) is 9.59 Å². The van der Waals surface area contributed by atoms with E-state index >= 15 is 0 Å². The minimum Gasteiger partial charge on any atom is -0.481 e. The summed E-state index contributed by atoms with van der Waals surface area (Å²) < 4.78 is 11.3. The van der Waals surface area contributed by atoms with Gasteiger partial charge in [-0.15, -0.1) is 5.10 Å². The summed E-state index contributed by atoms with van der Waals surface area (Å²) in [5.74, 6) is -1.37. The molecule has 1 fully saturated rings. The summed E-state index contributed by atoms with van der Waals surface area (Å²) >= 11 is 0. The lowest BCUT2D eigenvalue weighted by Gasteiger charge is -2.26.